The Labute approximate surface area is 351 Å². The number of hydrogen-bond acceptors (Lipinski definition) is 1. The molecule has 0 heterocycles. The molecule has 10 rings (SSSR count). The average Bonchev–Trinajstić information content (AvgIpc) is 3.43. The third-order valence-corrected chi connectivity index (χ3v) is 9.21. The second kappa shape index (κ2) is 14.0. The summed E-state index contributed by atoms with van der Waals surface area (Å²) in [7, 11) is 0. The Morgan fingerprint density at radius 2 is 0.836 bits per heavy atom. The van der Waals surface area contributed by atoms with Gasteiger partial charge in [-0.3, -0.25) is 0 Å². The molecular formula is C54H37N. The minimum Gasteiger partial charge on any atom is -0.310 e. The SMILES string of the molecule is [2H]c1c([2H])c([2H])c(-c2c([2H])c([2H])c(-c3c([2H])c([2H])c(N(c4c([2H])c([2H])c(-c5cc6ccccc6c6ccccc56)c([2H])c4[2H])c4c([2H])c([2H])c([2H])c(-c5ccc6ccccc6c5)c4[2H])c([2H])c3[2H])c([2H])c2[2H])c([2H])c1[2H]. The summed E-state index contributed by atoms with van der Waals surface area (Å²) in [6, 6.07) is 10.4. The first-order valence-corrected chi connectivity index (χ1v) is 17.2. The van der Waals surface area contributed by atoms with E-state index in [0.29, 0.717) is 26.6 Å². The summed E-state index contributed by atoms with van der Waals surface area (Å²) in [5, 5.41) is 4.33. The van der Waals surface area contributed by atoms with E-state index in [2.05, 4.69) is 0 Å². The second-order valence-electron chi connectivity index (χ2n) is 12.5. The van der Waals surface area contributed by atoms with Gasteiger partial charge in [-0.1, -0.05) is 176 Å². The Morgan fingerprint density at radius 3 is 1.53 bits per heavy atom. The van der Waals surface area contributed by atoms with Crippen LogP contribution in [0.5, 0.6) is 0 Å². The second-order valence-corrected chi connectivity index (χ2v) is 12.5. The summed E-state index contributed by atoms with van der Waals surface area (Å²) in [6.07, 6.45) is 0. The van der Waals surface area contributed by atoms with E-state index in [0.717, 1.165) is 16.2 Å². The van der Waals surface area contributed by atoms with Crippen LogP contribution in [0.3, 0.4) is 0 Å². The topological polar surface area (TPSA) is 3.24 Å². The fraction of sp³-hybridized carbons (Fsp3) is 0. The van der Waals surface area contributed by atoms with Gasteiger partial charge in [0, 0.05) is 17.1 Å². The van der Waals surface area contributed by atoms with Gasteiger partial charge in [0.25, 0.3) is 0 Å². The molecule has 0 bridgehead atoms. The summed E-state index contributed by atoms with van der Waals surface area (Å²) in [5.41, 5.74) is -5.21. The highest BCUT2D eigenvalue weighted by atomic mass is 15.1. The molecule has 0 N–H and O–H groups in total. The van der Waals surface area contributed by atoms with E-state index in [4.69, 9.17) is 15.1 Å². The normalized spacial score (nSPS) is 16.6. The van der Waals surface area contributed by atoms with E-state index in [-0.39, 0.29) is 16.7 Å². The molecule has 55 heavy (non-hydrogen) atoms. The molecule has 0 aliphatic carbocycles. The van der Waals surface area contributed by atoms with Gasteiger partial charge in [0.1, 0.15) is 0 Å². The van der Waals surface area contributed by atoms with Crippen molar-refractivity contribution in [1.82, 2.24) is 0 Å². The number of fused-ring (bicyclic) bond motifs is 4. The van der Waals surface area contributed by atoms with Gasteiger partial charge in [0.05, 0.1) is 28.8 Å². The van der Waals surface area contributed by atoms with E-state index >= 15 is 0 Å². The van der Waals surface area contributed by atoms with Crippen molar-refractivity contribution in [3.05, 3.63) is 224 Å². The molecule has 0 atom stereocenters. The van der Waals surface area contributed by atoms with Crippen LogP contribution in [0.4, 0.5) is 17.1 Å². The lowest BCUT2D eigenvalue weighted by Gasteiger charge is -2.26. The molecular weight excluding hydrogens is 663 g/mol. The van der Waals surface area contributed by atoms with Crippen LogP contribution in [-0.2, 0) is 0 Å². The van der Waals surface area contributed by atoms with Crippen molar-refractivity contribution < 1.29 is 28.8 Å². The zero-order chi connectivity index (χ0) is 54.8. The molecule has 258 valence electrons. The zero-order valence-corrected chi connectivity index (χ0v) is 28.7. The van der Waals surface area contributed by atoms with Gasteiger partial charge in [0.15, 0.2) is 0 Å². The predicted molar refractivity (Wildman–Crippen MR) is 235 cm³/mol. The fourth-order valence-electron chi connectivity index (χ4n) is 6.56. The van der Waals surface area contributed by atoms with E-state index < -0.39 is 166 Å². The van der Waals surface area contributed by atoms with Crippen molar-refractivity contribution in [3.8, 4) is 44.5 Å². The molecule has 0 aliphatic heterocycles. The highest BCUT2D eigenvalue weighted by molar-refractivity contribution is 6.13. The van der Waals surface area contributed by atoms with Gasteiger partial charge in [-0.2, -0.15) is 0 Å². The number of anilines is 3. The number of hydrogen-bond donors (Lipinski definition) is 0. The zero-order valence-electron chi connectivity index (χ0n) is 49.7. The van der Waals surface area contributed by atoms with Crippen molar-refractivity contribution in [2.75, 3.05) is 4.90 Å². The van der Waals surface area contributed by atoms with Crippen LogP contribution >= 0.6 is 0 Å². The summed E-state index contributed by atoms with van der Waals surface area (Å²) in [5.74, 6) is 0. The van der Waals surface area contributed by atoms with E-state index in [1.54, 1.807) is 54.6 Å². The smallest absolute Gasteiger partial charge is 0.0651 e. The molecule has 0 amide bonds. The van der Waals surface area contributed by atoms with E-state index in [1.165, 1.54) is 0 Å². The number of benzene rings is 10. The molecule has 0 aromatic heterocycles. The van der Waals surface area contributed by atoms with Gasteiger partial charge >= 0.3 is 0 Å². The molecule has 10 aromatic rings. The van der Waals surface area contributed by atoms with Crippen molar-refractivity contribution >= 4 is 49.4 Å². The van der Waals surface area contributed by atoms with Crippen LogP contribution in [0, 0.1) is 0 Å². The molecule has 0 saturated carbocycles. The number of rotatable bonds is 7. The first-order valence-electron chi connectivity index (χ1n) is 27.7. The highest BCUT2D eigenvalue weighted by Gasteiger charge is 2.16. The van der Waals surface area contributed by atoms with Crippen LogP contribution < -0.4 is 4.90 Å². The van der Waals surface area contributed by atoms with Crippen LogP contribution in [-0.4, -0.2) is 0 Å². The van der Waals surface area contributed by atoms with Crippen LogP contribution in [0.2, 0.25) is 0 Å². The Balaban J connectivity index is 1.29. The molecule has 0 saturated heterocycles. The van der Waals surface area contributed by atoms with E-state index in [1.807, 2.05) is 42.5 Å². The lowest BCUT2D eigenvalue weighted by molar-refractivity contribution is 1.28. The van der Waals surface area contributed by atoms with Crippen LogP contribution in [0.1, 0.15) is 28.8 Å². The lowest BCUT2D eigenvalue weighted by atomic mass is 9.93. The first-order chi connectivity index (χ1) is 36.0. The van der Waals surface area contributed by atoms with Crippen molar-refractivity contribution in [1.29, 1.82) is 0 Å². The molecule has 10 aromatic carbocycles. The quantitative estimate of drug-likeness (QED) is 0.148. The van der Waals surface area contributed by atoms with Gasteiger partial charge < -0.3 is 4.90 Å². The lowest BCUT2D eigenvalue weighted by Crippen LogP contribution is -2.10. The summed E-state index contributed by atoms with van der Waals surface area (Å²) in [6.45, 7) is 0. The summed E-state index contributed by atoms with van der Waals surface area (Å²) in [4.78, 5) is 0.677. The average molecular weight is 721 g/mol. The van der Waals surface area contributed by atoms with Crippen molar-refractivity contribution in [3.63, 3.8) is 0 Å². The first kappa shape index (κ1) is 17.3. The van der Waals surface area contributed by atoms with Gasteiger partial charge in [0.2, 0.25) is 0 Å². The molecule has 0 aliphatic rings. The van der Waals surface area contributed by atoms with Gasteiger partial charge in [-0.05, 0) is 125 Å². The molecule has 0 fully saturated rings. The fourth-order valence-corrected chi connectivity index (χ4v) is 6.56. The monoisotopic (exact) mass is 720 g/mol. The Bertz CT molecular complexity index is 4100. The largest absolute Gasteiger partial charge is 0.310 e. The molecule has 1 nitrogen and oxygen atoms in total. The third kappa shape index (κ3) is 6.22. The van der Waals surface area contributed by atoms with Crippen LogP contribution in [0.15, 0.2) is 224 Å². The summed E-state index contributed by atoms with van der Waals surface area (Å²) < 4.78 is 192. The molecule has 1 heteroatoms. The predicted octanol–water partition coefficient (Wildman–Crippen LogP) is 15.3. The Kier molecular flexibility index (Phi) is 4.39. The molecule has 0 spiro atoms. The maximum atomic E-state index is 9.83. The third-order valence-electron chi connectivity index (χ3n) is 9.21. The van der Waals surface area contributed by atoms with E-state index in [9.17, 15) is 13.7 Å². The van der Waals surface area contributed by atoms with Gasteiger partial charge in [-0.25, -0.2) is 0 Å². The maximum absolute atomic E-state index is 9.83. The number of nitrogens with zero attached hydrogens (tertiary/aromatic N) is 1. The molecule has 0 radical (unpaired) electrons. The Morgan fingerprint density at radius 1 is 0.309 bits per heavy atom. The standard InChI is InChI=1S/C54H37N/c1-2-11-38(12-3-1)40-21-23-41(24-22-40)42-27-31-48(32-28-42)55(50-17-10-16-45(36-50)46-26-25-39-13-4-5-14-44(39)35-46)49-33-29-43(30-34-49)54-37-47-15-6-7-18-51(47)52-19-8-9-20-53(52)54/h1-37H/i1D,2D,3D,10D,11D,12D,16D,17D,21D,22D,23D,24D,27D,28D,29D,30D,31D,32D,33D,34D,36D. The van der Waals surface area contributed by atoms with Crippen molar-refractivity contribution in [2.24, 2.45) is 0 Å². The summed E-state index contributed by atoms with van der Waals surface area (Å²) >= 11 is 0. The van der Waals surface area contributed by atoms with Crippen molar-refractivity contribution in [2.45, 2.75) is 0 Å². The Hall–Kier alpha value is -7.22. The van der Waals surface area contributed by atoms with Gasteiger partial charge in [-0.15, -0.1) is 0 Å². The minimum absolute atomic E-state index is 0.164. The minimum atomic E-state index is -1.06. The molecule has 0 unspecified atom stereocenters. The highest BCUT2D eigenvalue weighted by Crippen LogP contribution is 2.40. The maximum Gasteiger partial charge on any atom is 0.0651 e. The van der Waals surface area contributed by atoms with Crippen LogP contribution in [0.25, 0.3) is 76.8 Å².